The summed E-state index contributed by atoms with van der Waals surface area (Å²) in [6, 6.07) is 3.70. The van der Waals surface area contributed by atoms with Crippen molar-refractivity contribution in [2.24, 2.45) is 0 Å². The fourth-order valence-corrected chi connectivity index (χ4v) is 4.33. The molecule has 0 saturated carbocycles. The van der Waals surface area contributed by atoms with Crippen LogP contribution in [0.1, 0.15) is 29.6 Å². The number of esters is 1. The van der Waals surface area contributed by atoms with Crippen LogP contribution in [0.3, 0.4) is 0 Å². The van der Waals surface area contributed by atoms with Crippen molar-refractivity contribution in [3.63, 3.8) is 0 Å². The van der Waals surface area contributed by atoms with Gasteiger partial charge < -0.3 is 10.1 Å². The molecule has 1 amide bonds. The quantitative estimate of drug-likeness (QED) is 0.132. The number of unbranched alkanes of at least 4 members (excludes halogenated alkanes) is 1. The van der Waals surface area contributed by atoms with Crippen LogP contribution in [0.2, 0.25) is 0 Å². The van der Waals surface area contributed by atoms with Gasteiger partial charge in [-0.15, -0.1) is 0 Å². The molecule has 0 unspecified atom stereocenters. The molecular weight excluding hydrogens is 729 g/mol. The molecule has 27 heavy (non-hydrogen) atoms. The van der Waals surface area contributed by atoms with E-state index in [-0.39, 0.29) is 25.3 Å². The van der Waals surface area contributed by atoms with E-state index in [1.54, 1.807) is 6.07 Å². The Kier molecular flexibility index (Phi) is 10.0. The van der Waals surface area contributed by atoms with Gasteiger partial charge in [0.1, 0.15) is 0 Å². The third-order valence-electron chi connectivity index (χ3n) is 3.11. The second kappa shape index (κ2) is 10.8. The molecule has 13 heteroatoms. The summed E-state index contributed by atoms with van der Waals surface area (Å²) >= 11 is 6.33. The topological polar surface area (TPSA) is 110 Å². The van der Waals surface area contributed by atoms with Crippen molar-refractivity contribution in [3.8, 4) is 0 Å². The summed E-state index contributed by atoms with van der Waals surface area (Å²) in [5.74, 6) is -1.28. The number of hydrogen-bond acceptors (Lipinski definition) is 5. The summed E-state index contributed by atoms with van der Waals surface area (Å²) < 4.78 is 61.7. The van der Waals surface area contributed by atoms with Gasteiger partial charge >= 0.3 is 21.3 Å². The molecule has 0 bridgehead atoms. The van der Waals surface area contributed by atoms with E-state index in [0.29, 0.717) is 12.0 Å². The number of amides is 1. The van der Waals surface area contributed by atoms with E-state index in [9.17, 15) is 26.8 Å². The van der Waals surface area contributed by atoms with Crippen molar-refractivity contribution >= 4 is 89.8 Å². The van der Waals surface area contributed by atoms with Crippen LogP contribution >= 0.6 is 67.8 Å². The van der Waals surface area contributed by atoms with Gasteiger partial charge in [-0.3, -0.25) is 14.1 Å². The van der Waals surface area contributed by atoms with Crippen LogP contribution in [0.5, 0.6) is 0 Å². The lowest BCUT2D eigenvalue weighted by atomic mass is 10.2. The highest BCUT2D eigenvalue weighted by Crippen LogP contribution is 2.23. The molecule has 152 valence electrons. The van der Waals surface area contributed by atoms with Gasteiger partial charge in [0.05, 0.1) is 5.56 Å². The third-order valence-corrected chi connectivity index (χ3v) is 7.65. The van der Waals surface area contributed by atoms with Crippen LogP contribution < -0.4 is 5.32 Å². The molecule has 1 aromatic carbocycles. The van der Waals surface area contributed by atoms with E-state index in [1.165, 1.54) is 0 Å². The Morgan fingerprint density at radius 3 is 2.41 bits per heavy atom. The maximum Gasteiger partial charge on any atom is 0.402 e. The lowest BCUT2D eigenvalue weighted by Gasteiger charge is -2.13. The van der Waals surface area contributed by atoms with E-state index >= 15 is 0 Å². The average Bonchev–Trinajstić information content (AvgIpc) is 2.54. The smallest absolute Gasteiger partial charge is 0.402 e. The number of carbonyl (C=O) groups excluding carboxylic acids is 2. The first-order chi connectivity index (χ1) is 12.3. The van der Waals surface area contributed by atoms with E-state index in [2.05, 4.69) is 77.8 Å². The van der Waals surface area contributed by atoms with Crippen LogP contribution in [-0.4, -0.2) is 43.3 Å². The lowest BCUT2D eigenvalue weighted by molar-refractivity contribution is -0.149. The number of hydrogen-bond donors (Lipinski definition) is 2. The third kappa shape index (κ3) is 8.17. The number of carbonyl (C=O) groups is 2. The Morgan fingerprint density at radius 1 is 1.19 bits per heavy atom. The summed E-state index contributed by atoms with van der Waals surface area (Å²) in [5, 5.41) is -1.83. The van der Waals surface area contributed by atoms with E-state index in [0.717, 1.165) is 10.7 Å². The number of alkyl halides is 2. The van der Waals surface area contributed by atoms with Crippen LogP contribution in [0, 0.1) is 10.7 Å². The Hall–Kier alpha value is 0.120. The zero-order valence-electron chi connectivity index (χ0n) is 13.5. The highest BCUT2D eigenvalue weighted by Gasteiger charge is 2.45. The van der Waals surface area contributed by atoms with Crippen LogP contribution in [0.15, 0.2) is 12.1 Å². The summed E-state index contributed by atoms with van der Waals surface area (Å²) in [7, 11) is -5.63. The number of halogens is 5. The zero-order chi connectivity index (χ0) is 20.8. The highest BCUT2D eigenvalue weighted by molar-refractivity contribution is 14.1. The fraction of sp³-hybridized carbons (Fsp3) is 0.429. The van der Waals surface area contributed by atoms with Crippen LogP contribution in [0.4, 0.5) is 8.78 Å². The molecule has 2 N–H and O–H groups in total. The van der Waals surface area contributed by atoms with Gasteiger partial charge in [-0.25, -0.2) is 0 Å². The van der Waals surface area contributed by atoms with Crippen molar-refractivity contribution in [2.45, 2.75) is 24.5 Å². The molecule has 1 aromatic rings. The van der Waals surface area contributed by atoms with Gasteiger partial charge in [0.2, 0.25) is 0 Å². The van der Waals surface area contributed by atoms with Gasteiger partial charge in [0.15, 0.2) is 6.61 Å². The SMILES string of the molecule is O=C(CCCCNC(=O)c1cc(I)cc(I)c1I)OCC(F)(F)S(=O)(=O)O. The molecule has 0 aromatic heterocycles. The number of nitrogens with one attached hydrogen (secondary N) is 1. The second-order valence-electron chi connectivity index (χ2n) is 5.24. The van der Waals surface area contributed by atoms with Crippen LogP contribution in [-0.2, 0) is 19.6 Å². The molecule has 0 aliphatic rings. The highest BCUT2D eigenvalue weighted by atomic mass is 127. The number of benzene rings is 1. The monoisotopic (exact) mass is 743 g/mol. The van der Waals surface area contributed by atoms with E-state index in [4.69, 9.17) is 4.55 Å². The zero-order valence-corrected chi connectivity index (χ0v) is 20.8. The summed E-state index contributed by atoms with van der Waals surface area (Å²) in [4.78, 5) is 23.5. The summed E-state index contributed by atoms with van der Waals surface area (Å²) in [6.07, 6.45) is 0.417. The molecule has 0 radical (unpaired) electrons. The number of rotatable bonds is 9. The van der Waals surface area contributed by atoms with E-state index < -0.39 is 27.9 Å². The largest absolute Gasteiger partial charge is 0.458 e. The molecule has 0 spiro atoms. The predicted octanol–water partition coefficient (Wildman–Crippen LogP) is 3.42. The van der Waals surface area contributed by atoms with Crippen molar-refractivity contribution < 1.29 is 36.1 Å². The average molecular weight is 743 g/mol. The molecule has 0 fully saturated rings. The Morgan fingerprint density at radius 2 is 1.81 bits per heavy atom. The maximum atomic E-state index is 12.9. The van der Waals surface area contributed by atoms with Crippen molar-refractivity contribution in [1.82, 2.24) is 5.32 Å². The first-order valence-electron chi connectivity index (χ1n) is 7.28. The van der Waals surface area contributed by atoms with Crippen LogP contribution in [0.25, 0.3) is 0 Å². The second-order valence-corrected chi connectivity index (χ2v) is 10.3. The first-order valence-corrected chi connectivity index (χ1v) is 12.0. The van der Waals surface area contributed by atoms with Crippen molar-refractivity contribution in [2.75, 3.05) is 13.2 Å². The summed E-state index contributed by atoms with van der Waals surface area (Å²) in [5.41, 5.74) is 0.541. The molecular formula is C14H14F2I3NO6S. The molecule has 0 saturated heterocycles. The van der Waals surface area contributed by atoms with Gasteiger partial charge in [0.25, 0.3) is 5.91 Å². The minimum atomic E-state index is -5.63. The molecule has 0 aliphatic carbocycles. The van der Waals surface area contributed by atoms with E-state index in [1.807, 2.05) is 6.07 Å². The normalized spacial score (nSPS) is 11.9. The standard InChI is InChI=1S/C14H14F2I3NO6S/c15-14(16,27(23,24)25)7-26-11(21)3-1-2-4-20-13(22)9-5-8(17)6-10(18)12(9)19/h5-6H,1-4,7H2,(H,20,22)(H,23,24,25). The first kappa shape index (κ1) is 25.2. The molecule has 7 nitrogen and oxygen atoms in total. The minimum absolute atomic E-state index is 0.226. The lowest BCUT2D eigenvalue weighted by Crippen LogP contribution is -2.34. The van der Waals surface area contributed by atoms with Crippen molar-refractivity contribution in [1.29, 1.82) is 0 Å². The molecule has 0 atom stereocenters. The Balaban J connectivity index is 2.35. The van der Waals surface area contributed by atoms with Crippen molar-refractivity contribution in [3.05, 3.63) is 28.4 Å². The Labute approximate surface area is 195 Å². The maximum absolute atomic E-state index is 12.9. The minimum Gasteiger partial charge on any atom is -0.458 e. The van der Waals surface area contributed by atoms with Gasteiger partial charge in [0, 0.05) is 23.7 Å². The fourth-order valence-electron chi connectivity index (χ4n) is 1.72. The molecule has 0 aliphatic heterocycles. The summed E-state index contributed by atoms with van der Waals surface area (Å²) in [6.45, 7) is -1.48. The molecule has 0 heterocycles. The van der Waals surface area contributed by atoms with Gasteiger partial charge in [-0.2, -0.15) is 17.2 Å². The predicted molar refractivity (Wildman–Crippen MR) is 118 cm³/mol. The molecule has 1 rings (SSSR count). The Bertz CT molecular complexity index is 819. The number of ether oxygens (including phenoxy) is 1. The van der Waals surface area contributed by atoms with Gasteiger partial charge in [-0.1, -0.05) is 0 Å². The van der Waals surface area contributed by atoms with Gasteiger partial charge in [-0.05, 0) is 92.7 Å².